The molecule has 5 heteroatoms. The number of rotatable bonds is 1. The van der Waals surface area contributed by atoms with Crippen LogP contribution in [0.5, 0.6) is 0 Å². The molecule has 20 heavy (non-hydrogen) atoms. The lowest BCUT2D eigenvalue weighted by atomic mass is 10.0. The first-order valence-corrected chi connectivity index (χ1v) is 7.09. The van der Waals surface area contributed by atoms with Gasteiger partial charge in [0, 0.05) is 10.9 Å². The number of fused-ring (bicyclic) bond motifs is 1. The zero-order valence-electron chi connectivity index (χ0n) is 10.9. The van der Waals surface area contributed by atoms with Crippen LogP contribution in [0.15, 0.2) is 39.8 Å². The van der Waals surface area contributed by atoms with Gasteiger partial charge in [-0.2, -0.15) is 5.10 Å². The van der Waals surface area contributed by atoms with Crippen molar-refractivity contribution in [2.45, 2.75) is 19.8 Å². The smallest absolute Gasteiger partial charge is 0.143 e. The number of hydrogen-bond acceptors (Lipinski definition) is 4. The van der Waals surface area contributed by atoms with E-state index in [1.807, 2.05) is 37.3 Å². The van der Waals surface area contributed by atoms with Crippen LogP contribution in [-0.2, 0) is 11.2 Å². The van der Waals surface area contributed by atoms with Gasteiger partial charge in [0.2, 0.25) is 0 Å². The van der Waals surface area contributed by atoms with Crippen LogP contribution in [0.1, 0.15) is 23.4 Å². The Hall–Kier alpha value is -1.88. The van der Waals surface area contributed by atoms with Crippen LogP contribution in [0.3, 0.4) is 0 Å². The quantitative estimate of drug-likeness (QED) is 0.807. The molecule has 2 heterocycles. The van der Waals surface area contributed by atoms with Crippen LogP contribution in [-0.4, -0.2) is 21.7 Å². The average molecular weight is 330 g/mol. The first-order chi connectivity index (χ1) is 9.61. The third-order valence-corrected chi connectivity index (χ3v) is 3.64. The minimum Gasteiger partial charge on any atom is -0.299 e. The van der Waals surface area contributed by atoms with Crippen LogP contribution in [0, 0.1) is 6.92 Å². The van der Waals surface area contributed by atoms with Crippen LogP contribution in [0.4, 0.5) is 5.69 Å². The molecule has 0 spiro atoms. The van der Waals surface area contributed by atoms with Gasteiger partial charge in [-0.3, -0.25) is 9.79 Å². The van der Waals surface area contributed by atoms with Crippen LogP contribution < -0.4 is 0 Å². The molecule has 0 saturated heterocycles. The second-order valence-corrected chi connectivity index (χ2v) is 5.70. The number of carbonyl (C=O) groups is 1. The molecule has 0 saturated carbocycles. The van der Waals surface area contributed by atoms with Crippen LogP contribution in [0.2, 0.25) is 0 Å². The van der Waals surface area contributed by atoms with Crippen molar-refractivity contribution in [1.82, 2.24) is 10.2 Å². The van der Waals surface area contributed by atoms with Crippen LogP contribution in [0.25, 0.3) is 0 Å². The van der Waals surface area contributed by atoms with Crippen molar-refractivity contribution >= 4 is 33.1 Å². The summed E-state index contributed by atoms with van der Waals surface area (Å²) in [7, 11) is 0. The molecule has 1 aromatic carbocycles. The number of nitrogens with zero attached hydrogens (tertiary/aromatic N) is 3. The summed E-state index contributed by atoms with van der Waals surface area (Å²) in [5.74, 6) is 0.142. The molecular weight excluding hydrogens is 318 g/mol. The Morgan fingerprint density at radius 3 is 2.70 bits per heavy atom. The number of hydrogen-bond donors (Lipinski definition) is 0. The predicted molar refractivity (Wildman–Crippen MR) is 80.4 cm³/mol. The lowest BCUT2D eigenvalue weighted by molar-refractivity contribution is -0.117. The van der Waals surface area contributed by atoms with E-state index in [1.165, 1.54) is 0 Å². The monoisotopic (exact) mass is 329 g/mol. The summed E-state index contributed by atoms with van der Waals surface area (Å²) >= 11 is 3.42. The fourth-order valence-corrected chi connectivity index (χ4v) is 2.56. The lowest BCUT2D eigenvalue weighted by Gasteiger charge is -2.03. The second kappa shape index (κ2) is 5.25. The maximum absolute atomic E-state index is 12.1. The van der Waals surface area contributed by atoms with Gasteiger partial charge in [0.05, 0.1) is 23.5 Å². The van der Waals surface area contributed by atoms with Gasteiger partial charge in [0.15, 0.2) is 0 Å². The van der Waals surface area contributed by atoms with E-state index in [2.05, 4.69) is 31.1 Å². The van der Waals surface area contributed by atoms with Crippen molar-refractivity contribution in [3.8, 4) is 0 Å². The van der Waals surface area contributed by atoms with Gasteiger partial charge < -0.3 is 0 Å². The van der Waals surface area contributed by atoms with Crippen molar-refractivity contribution < 1.29 is 4.79 Å². The molecule has 0 aliphatic carbocycles. The van der Waals surface area contributed by atoms with Crippen molar-refractivity contribution in [3.63, 3.8) is 0 Å². The molecule has 0 radical (unpaired) electrons. The SMILES string of the molecule is Cc1ccc(C2=Nc3ccc(Br)cc3CC(=O)C2)nn1. The number of Topliss-reactive ketones (excluding diaryl/α,β-unsaturated/α-hetero) is 1. The van der Waals surface area contributed by atoms with Gasteiger partial charge in [-0.1, -0.05) is 15.9 Å². The molecule has 3 rings (SSSR count). The van der Waals surface area contributed by atoms with Crippen molar-refractivity contribution in [1.29, 1.82) is 0 Å². The van der Waals surface area contributed by atoms with Gasteiger partial charge >= 0.3 is 0 Å². The predicted octanol–water partition coefficient (Wildman–Crippen LogP) is 3.18. The van der Waals surface area contributed by atoms with Gasteiger partial charge in [-0.25, -0.2) is 0 Å². The zero-order chi connectivity index (χ0) is 14.1. The summed E-state index contributed by atoms with van der Waals surface area (Å²) in [4.78, 5) is 16.7. The Kier molecular flexibility index (Phi) is 3.44. The number of halogens is 1. The highest BCUT2D eigenvalue weighted by atomic mass is 79.9. The second-order valence-electron chi connectivity index (χ2n) is 4.78. The third kappa shape index (κ3) is 2.67. The lowest BCUT2D eigenvalue weighted by Crippen LogP contribution is -2.11. The van der Waals surface area contributed by atoms with Crippen molar-refractivity contribution in [2.24, 2.45) is 4.99 Å². The number of aliphatic imine (C=N–C) groups is 1. The van der Waals surface area contributed by atoms with E-state index in [-0.39, 0.29) is 5.78 Å². The van der Waals surface area contributed by atoms with Gasteiger partial charge in [-0.15, -0.1) is 5.10 Å². The Balaban J connectivity index is 2.08. The van der Waals surface area contributed by atoms with E-state index in [0.29, 0.717) is 24.2 Å². The van der Waals surface area contributed by atoms with Gasteiger partial charge in [-0.05, 0) is 42.8 Å². The van der Waals surface area contributed by atoms with Gasteiger partial charge in [0.25, 0.3) is 0 Å². The Morgan fingerprint density at radius 2 is 1.95 bits per heavy atom. The summed E-state index contributed by atoms with van der Waals surface area (Å²) in [5.41, 5.74) is 3.97. The summed E-state index contributed by atoms with van der Waals surface area (Å²) < 4.78 is 0.956. The highest BCUT2D eigenvalue weighted by Crippen LogP contribution is 2.28. The maximum Gasteiger partial charge on any atom is 0.143 e. The van der Waals surface area contributed by atoms with E-state index in [0.717, 1.165) is 21.4 Å². The summed E-state index contributed by atoms with van der Waals surface area (Å²) in [6.45, 7) is 1.88. The van der Waals surface area contributed by atoms with E-state index >= 15 is 0 Å². The largest absolute Gasteiger partial charge is 0.299 e. The van der Waals surface area contributed by atoms with E-state index in [1.54, 1.807) is 0 Å². The first kappa shape index (κ1) is 13.1. The molecule has 2 aromatic rings. The van der Waals surface area contributed by atoms with Crippen molar-refractivity contribution in [3.05, 3.63) is 51.8 Å². The normalized spacial score (nSPS) is 14.5. The molecule has 4 nitrogen and oxygen atoms in total. The van der Waals surface area contributed by atoms with Crippen molar-refractivity contribution in [2.75, 3.05) is 0 Å². The molecule has 0 N–H and O–H groups in total. The topological polar surface area (TPSA) is 55.2 Å². The minimum atomic E-state index is 0.142. The molecule has 0 atom stereocenters. The fraction of sp³-hybridized carbons (Fsp3) is 0.200. The zero-order valence-corrected chi connectivity index (χ0v) is 12.5. The molecular formula is C15H12BrN3O. The van der Waals surface area contributed by atoms with E-state index < -0.39 is 0 Å². The van der Waals surface area contributed by atoms with E-state index in [9.17, 15) is 4.79 Å². The average Bonchev–Trinajstić information content (AvgIpc) is 2.57. The molecule has 0 unspecified atom stereocenters. The maximum atomic E-state index is 12.1. The number of benzene rings is 1. The molecule has 1 aliphatic heterocycles. The number of aryl methyl sites for hydroxylation is 1. The third-order valence-electron chi connectivity index (χ3n) is 3.14. The number of aromatic nitrogens is 2. The fourth-order valence-electron chi connectivity index (χ4n) is 2.15. The Bertz CT molecular complexity index is 708. The molecule has 1 aliphatic rings. The highest BCUT2D eigenvalue weighted by Gasteiger charge is 2.18. The first-order valence-electron chi connectivity index (χ1n) is 6.30. The summed E-state index contributed by atoms with van der Waals surface area (Å²) in [6.07, 6.45) is 0.700. The molecule has 0 fully saturated rings. The summed E-state index contributed by atoms with van der Waals surface area (Å²) in [6, 6.07) is 9.53. The van der Waals surface area contributed by atoms with Gasteiger partial charge in [0.1, 0.15) is 11.5 Å². The molecule has 0 bridgehead atoms. The Labute approximate surface area is 125 Å². The number of ketones is 1. The number of carbonyl (C=O) groups excluding carboxylic acids is 1. The minimum absolute atomic E-state index is 0.142. The highest BCUT2D eigenvalue weighted by molar-refractivity contribution is 9.10. The molecule has 1 aromatic heterocycles. The Morgan fingerprint density at radius 1 is 1.10 bits per heavy atom. The molecule has 100 valence electrons. The van der Waals surface area contributed by atoms with E-state index in [4.69, 9.17) is 0 Å². The standard InChI is InChI=1S/C15H12BrN3O/c1-9-2-4-14(19-18-9)15-8-12(20)7-10-6-11(16)3-5-13(10)17-15/h2-6H,7-8H2,1H3. The van der Waals surface area contributed by atoms with Crippen LogP contribution >= 0.6 is 15.9 Å². The molecule has 0 amide bonds. The summed E-state index contributed by atoms with van der Waals surface area (Å²) in [5, 5.41) is 8.16.